The van der Waals surface area contributed by atoms with Crippen molar-refractivity contribution in [2.24, 2.45) is 0 Å². The number of benzene rings is 1. The van der Waals surface area contributed by atoms with Crippen LogP contribution in [-0.4, -0.2) is 38.3 Å². The van der Waals surface area contributed by atoms with Gasteiger partial charge in [-0.1, -0.05) is 36.4 Å². The third-order valence-electron chi connectivity index (χ3n) is 6.31. The van der Waals surface area contributed by atoms with Gasteiger partial charge in [-0.25, -0.2) is 4.98 Å². The number of piperidine rings is 1. The Bertz CT molecular complexity index is 1260. The van der Waals surface area contributed by atoms with E-state index in [1.165, 1.54) is 11.6 Å². The van der Waals surface area contributed by atoms with Crippen molar-refractivity contribution in [3.8, 4) is 0 Å². The van der Waals surface area contributed by atoms with E-state index in [1.807, 2.05) is 35.4 Å². The minimum Gasteiger partial charge on any atom is -0.339 e. The van der Waals surface area contributed by atoms with E-state index < -0.39 is 0 Å². The summed E-state index contributed by atoms with van der Waals surface area (Å²) < 4.78 is 2.05. The molecular formula is C25H24N4O2. The first-order valence-corrected chi connectivity index (χ1v) is 10.6. The Labute approximate surface area is 180 Å². The Morgan fingerprint density at radius 2 is 1.77 bits per heavy atom. The van der Waals surface area contributed by atoms with E-state index in [4.69, 9.17) is 4.98 Å². The fourth-order valence-corrected chi connectivity index (χ4v) is 4.70. The number of aromatic nitrogens is 3. The minimum absolute atomic E-state index is 0.0918. The Kier molecular flexibility index (Phi) is 4.70. The number of amides is 1. The molecule has 1 saturated heterocycles. The number of likely N-dealkylation sites (tertiary alicyclic amines) is 1. The molecule has 1 aliphatic rings. The van der Waals surface area contributed by atoms with Crippen molar-refractivity contribution >= 4 is 11.6 Å². The van der Waals surface area contributed by atoms with Crippen molar-refractivity contribution in [2.45, 2.75) is 25.2 Å². The van der Waals surface area contributed by atoms with Gasteiger partial charge < -0.3 is 14.3 Å². The SMILES string of the molecule is Cc1cc(C(=O)N2CCC(c3ccccc3)(c3cn4ccccc4n3)CC2)cc(=O)[nH]1. The molecular weight excluding hydrogens is 388 g/mol. The van der Waals surface area contributed by atoms with Crippen LogP contribution >= 0.6 is 0 Å². The number of imidazole rings is 1. The number of carbonyl (C=O) groups is 1. The van der Waals surface area contributed by atoms with E-state index in [9.17, 15) is 9.59 Å². The maximum absolute atomic E-state index is 13.1. The maximum atomic E-state index is 13.1. The molecule has 6 heteroatoms. The fraction of sp³-hybridized carbons (Fsp3) is 0.240. The van der Waals surface area contributed by atoms with Crippen molar-refractivity contribution in [3.05, 3.63) is 106 Å². The Morgan fingerprint density at radius 1 is 1.03 bits per heavy atom. The highest BCUT2D eigenvalue weighted by molar-refractivity contribution is 5.94. The van der Waals surface area contributed by atoms with Crippen molar-refractivity contribution in [2.75, 3.05) is 13.1 Å². The third kappa shape index (κ3) is 3.44. The number of nitrogens with one attached hydrogen (secondary N) is 1. The molecule has 0 atom stereocenters. The van der Waals surface area contributed by atoms with Gasteiger partial charge >= 0.3 is 0 Å². The number of hydrogen-bond acceptors (Lipinski definition) is 3. The molecule has 0 spiro atoms. The standard InChI is InChI=1S/C25H24N4O2/c1-18-15-19(16-23(30)26-18)24(31)28-13-10-25(11-14-28,20-7-3-2-4-8-20)21-17-29-12-6-5-9-22(29)27-21/h2-9,12,15-17H,10-11,13-14H2,1H3,(H,26,30). The first kappa shape index (κ1) is 19.3. The minimum atomic E-state index is -0.256. The quantitative estimate of drug-likeness (QED) is 0.559. The van der Waals surface area contributed by atoms with Gasteiger partial charge in [0.15, 0.2) is 0 Å². The molecule has 1 N–H and O–H groups in total. The monoisotopic (exact) mass is 412 g/mol. The summed E-state index contributed by atoms with van der Waals surface area (Å²) in [4.78, 5) is 34.4. The molecule has 4 heterocycles. The molecule has 6 nitrogen and oxygen atoms in total. The van der Waals surface area contributed by atoms with E-state index in [1.54, 1.807) is 13.0 Å². The zero-order valence-electron chi connectivity index (χ0n) is 17.4. The summed E-state index contributed by atoms with van der Waals surface area (Å²) in [5.41, 5.74) is 3.81. The van der Waals surface area contributed by atoms with Gasteiger partial charge in [0.05, 0.1) is 5.69 Å². The van der Waals surface area contributed by atoms with Crippen LogP contribution in [0.3, 0.4) is 0 Å². The predicted octanol–water partition coefficient (Wildman–Crippen LogP) is 3.55. The van der Waals surface area contributed by atoms with Crippen molar-refractivity contribution in [1.82, 2.24) is 19.3 Å². The topological polar surface area (TPSA) is 70.5 Å². The zero-order chi connectivity index (χ0) is 21.4. The van der Waals surface area contributed by atoms with Crippen LogP contribution in [0.5, 0.6) is 0 Å². The molecule has 156 valence electrons. The summed E-state index contributed by atoms with van der Waals surface area (Å²) in [5, 5.41) is 0. The van der Waals surface area contributed by atoms with E-state index in [2.05, 4.69) is 39.8 Å². The maximum Gasteiger partial charge on any atom is 0.254 e. The summed E-state index contributed by atoms with van der Waals surface area (Å²) in [6, 6.07) is 19.6. The molecule has 0 unspecified atom stereocenters. The summed E-state index contributed by atoms with van der Waals surface area (Å²) in [5.74, 6) is -0.0918. The van der Waals surface area contributed by atoms with Crippen LogP contribution in [0.25, 0.3) is 5.65 Å². The molecule has 1 amide bonds. The number of H-pyrrole nitrogens is 1. The van der Waals surface area contributed by atoms with Gasteiger partial charge in [0, 0.05) is 48.2 Å². The molecule has 0 bridgehead atoms. The van der Waals surface area contributed by atoms with Crippen LogP contribution in [0.4, 0.5) is 0 Å². The normalized spacial score (nSPS) is 15.8. The Morgan fingerprint density at radius 3 is 2.48 bits per heavy atom. The van der Waals surface area contributed by atoms with Crippen LogP contribution in [0.1, 0.15) is 40.2 Å². The second-order valence-corrected chi connectivity index (χ2v) is 8.25. The highest BCUT2D eigenvalue weighted by Gasteiger charge is 2.41. The van der Waals surface area contributed by atoms with E-state index in [0.29, 0.717) is 24.3 Å². The first-order chi connectivity index (χ1) is 15.0. The largest absolute Gasteiger partial charge is 0.339 e. The van der Waals surface area contributed by atoms with Gasteiger partial charge in [-0.15, -0.1) is 0 Å². The third-order valence-corrected chi connectivity index (χ3v) is 6.31. The molecule has 1 aromatic carbocycles. The molecule has 3 aromatic heterocycles. The molecule has 0 radical (unpaired) electrons. The number of rotatable bonds is 3. The van der Waals surface area contributed by atoms with E-state index in [0.717, 1.165) is 24.2 Å². The molecule has 4 aromatic rings. The number of nitrogens with zero attached hydrogens (tertiary/aromatic N) is 3. The number of pyridine rings is 2. The van der Waals surface area contributed by atoms with Gasteiger partial charge in [-0.3, -0.25) is 9.59 Å². The van der Waals surface area contributed by atoms with Crippen molar-refractivity contribution in [3.63, 3.8) is 0 Å². The van der Waals surface area contributed by atoms with Crippen LogP contribution in [-0.2, 0) is 5.41 Å². The molecule has 5 rings (SSSR count). The number of carbonyl (C=O) groups excluding carboxylic acids is 1. The predicted molar refractivity (Wildman–Crippen MR) is 119 cm³/mol. The Hall–Kier alpha value is -3.67. The van der Waals surface area contributed by atoms with E-state index in [-0.39, 0.29) is 16.9 Å². The number of hydrogen-bond donors (Lipinski definition) is 1. The van der Waals surface area contributed by atoms with Gasteiger partial charge in [0.2, 0.25) is 5.56 Å². The molecule has 0 saturated carbocycles. The lowest BCUT2D eigenvalue weighted by Gasteiger charge is -2.41. The molecule has 1 fully saturated rings. The second-order valence-electron chi connectivity index (χ2n) is 8.25. The number of fused-ring (bicyclic) bond motifs is 1. The number of aryl methyl sites for hydroxylation is 1. The van der Waals surface area contributed by atoms with Crippen molar-refractivity contribution in [1.29, 1.82) is 0 Å². The van der Waals surface area contributed by atoms with Crippen LogP contribution in [0, 0.1) is 6.92 Å². The number of aromatic amines is 1. The smallest absolute Gasteiger partial charge is 0.254 e. The van der Waals surface area contributed by atoms with Crippen LogP contribution in [0.2, 0.25) is 0 Å². The zero-order valence-corrected chi connectivity index (χ0v) is 17.4. The van der Waals surface area contributed by atoms with Gasteiger partial charge in [0.1, 0.15) is 5.65 Å². The second kappa shape index (κ2) is 7.54. The average molecular weight is 412 g/mol. The highest BCUT2D eigenvalue weighted by atomic mass is 16.2. The fourth-order valence-electron chi connectivity index (χ4n) is 4.70. The van der Waals surface area contributed by atoms with Crippen LogP contribution < -0.4 is 5.56 Å². The van der Waals surface area contributed by atoms with Gasteiger partial charge in [-0.2, -0.15) is 0 Å². The van der Waals surface area contributed by atoms with Crippen molar-refractivity contribution < 1.29 is 4.79 Å². The highest BCUT2D eigenvalue weighted by Crippen LogP contribution is 2.41. The molecule has 1 aliphatic heterocycles. The summed E-state index contributed by atoms with van der Waals surface area (Å²) in [7, 11) is 0. The lowest BCUT2D eigenvalue weighted by atomic mass is 9.70. The summed E-state index contributed by atoms with van der Waals surface area (Å²) in [6.07, 6.45) is 5.67. The lowest BCUT2D eigenvalue weighted by Crippen LogP contribution is -2.46. The Balaban J connectivity index is 1.49. The first-order valence-electron chi connectivity index (χ1n) is 10.6. The lowest BCUT2D eigenvalue weighted by molar-refractivity contribution is 0.0683. The summed E-state index contributed by atoms with van der Waals surface area (Å²) in [6.45, 7) is 3.00. The summed E-state index contributed by atoms with van der Waals surface area (Å²) >= 11 is 0. The van der Waals surface area contributed by atoms with Gasteiger partial charge in [0.25, 0.3) is 5.91 Å². The molecule has 0 aliphatic carbocycles. The molecule has 31 heavy (non-hydrogen) atoms. The van der Waals surface area contributed by atoms with Crippen LogP contribution in [0.15, 0.2) is 77.9 Å². The van der Waals surface area contributed by atoms with Gasteiger partial charge in [-0.05, 0) is 43.5 Å². The van der Waals surface area contributed by atoms with E-state index >= 15 is 0 Å². The average Bonchev–Trinajstić information content (AvgIpc) is 3.23.